The number of halogens is 3. The summed E-state index contributed by atoms with van der Waals surface area (Å²) in [6.07, 6.45) is -2.94. The Morgan fingerprint density at radius 1 is 1.00 bits per heavy atom. The normalized spacial score (nSPS) is 11.8. The van der Waals surface area contributed by atoms with E-state index in [-0.39, 0.29) is 12.4 Å². The standard InChI is InChI=1S/C27H19F3N4O4S/c1-15-3-8-25-32-21(12-34(25)33-15)24-11-20-22(9-19(35-2)10-23(20)37-24)36-13-17-14-39-26(31-17)16-4-6-18(7-5-16)38-27(28,29)30/h3-12,14H,13H2,1-2H3. The number of hydrogen-bond acceptors (Lipinski definition) is 8. The molecule has 0 saturated carbocycles. The van der Waals surface area contributed by atoms with Gasteiger partial charge in [-0.2, -0.15) is 5.10 Å². The average Bonchev–Trinajstić information content (AvgIpc) is 3.64. The fourth-order valence-corrected chi connectivity index (χ4v) is 4.81. The van der Waals surface area contributed by atoms with E-state index in [9.17, 15) is 13.2 Å². The first-order valence-electron chi connectivity index (χ1n) is 11.6. The van der Waals surface area contributed by atoms with Crippen molar-refractivity contribution in [2.24, 2.45) is 0 Å². The summed E-state index contributed by atoms with van der Waals surface area (Å²) in [6.45, 7) is 2.07. The fourth-order valence-electron chi connectivity index (χ4n) is 4.00. The summed E-state index contributed by atoms with van der Waals surface area (Å²) in [4.78, 5) is 9.16. The second-order valence-electron chi connectivity index (χ2n) is 8.56. The Kier molecular flexibility index (Phi) is 6.10. The molecule has 0 aliphatic heterocycles. The molecule has 0 fully saturated rings. The molecule has 0 amide bonds. The van der Waals surface area contributed by atoms with Crippen LogP contribution in [-0.4, -0.2) is 33.1 Å². The summed E-state index contributed by atoms with van der Waals surface area (Å²) < 4.78 is 60.5. The zero-order chi connectivity index (χ0) is 27.1. The Balaban J connectivity index is 1.23. The third kappa shape index (κ3) is 5.23. The van der Waals surface area contributed by atoms with Crippen LogP contribution < -0.4 is 14.2 Å². The van der Waals surface area contributed by atoms with Gasteiger partial charge < -0.3 is 18.6 Å². The predicted molar refractivity (Wildman–Crippen MR) is 138 cm³/mol. The van der Waals surface area contributed by atoms with Gasteiger partial charge >= 0.3 is 6.36 Å². The lowest BCUT2D eigenvalue weighted by Crippen LogP contribution is -2.16. The van der Waals surface area contributed by atoms with E-state index in [2.05, 4.69) is 19.8 Å². The molecule has 39 heavy (non-hydrogen) atoms. The maximum atomic E-state index is 12.4. The van der Waals surface area contributed by atoms with E-state index in [4.69, 9.17) is 13.9 Å². The highest BCUT2D eigenvalue weighted by atomic mass is 32.1. The zero-order valence-corrected chi connectivity index (χ0v) is 21.3. The van der Waals surface area contributed by atoms with Crippen LogP contribution in [0, 0.1) is 6.92 Å². The molecule has 12 heteroatoms. The lowest BCUT2D eigenvalue weighted by molar-refractivity contribution is -0.274. The molecule has 4 heterocycles. The Labute approximate surface area is 223 Å². The number of thiazole rings is 1. The highest BCUT2D eigenvalue weighted by Crippen LogP contribution is 2.37. The lowest BCUT2D eigenvalue weighted by atomic mass is 10.2. The van der Waals surface area contributed by atoms with E-state index < -0.39 is 6.36 Å². The van der Waals surface area contributed by atoms with Crippen molar-refractivity contribution < 1.29 is 31.8 Å². The van der Waals surface area contributed by atoms with E-state index in [1.165, 1.54) is 35.6 Å². The van der Waals surface area contributed by atoms with Crippen LogP contribution in [0.2, 0.25) is 0 Å². The molecule has 0 N–H and O–H groups in total. The topological polar surface area (TPSA) is 83.9 Å². The third-order valence-electron chi connectivity index (χ3n) is 5.78. The summed E-state index contributed by atoms with van der Waals surface area (Å²) >= 11 is 1.36. The van der Waals surface area contributed by atoms with E-state index in [0.29, 0.717) is 50.4 Å². The smallest absolute Gasteiger partial charge is 0.496 e. The SMILES string of the molecule is COc1cc(OCc2csc(-c3ccc(OC(F)(F)F)cc3)n2)c2cc(-c3cn4nc(C)ccc4n3)oc2c1. The van der Waals surface area contributed by atoms with Gasteiger partial charge in [-0.1, -0.05) is 0 Å². The van der Waals surface area contributed by atoms with Crippen molar-refractivity contribution in [1.29, 1.82) is 0 Å². The first kappa shape index (κ1) is 24.7. The van der Waals surface area contributed by atoms with Crippen LogP contribution in [0.1, 0.15) is 11.4 Å². The number of benzene rings is 2. The molecular weight excluding hydrogens is 533 g/mol. The number of alkyl halides is 3. The largest absolute Gasteiger partial charge is 0.573 e. The van der Waals surface area contributed by atoms with Gasteiger partial charge in [0, 0.05) is 23.1 Å². The van der Waals surface area contributed by atoms with Crippen molar-refractivity contribution in [3.05, 3.63) is 77.6 Å². The summed E-state index contributed by atoms with van der Waals surface area (Å²) in [5.41, 5.74) is 4.10. The molecule has 0 radical (unpaired) electrons. The van der Waals surface area contributed by atoms with Gasteiger partial charge in [0.25, 0.3) is 0 Å². The van der Waals surface area contributed by atoms with Crippen molar-refractivity contribution >= 4 is 28.0 Å². The maximum absolute atomic E-state index is 12.4. The van der Waals surface area contributed by atoms with Crippen molar-refractivity contribution in [3.63, 3.8) is 0 Å². The molecule has 198 valence electrons. The van der Waals surface area contributed by atoms with Gasteiger partial charge in [0.1, 0.15) is 40.1 Å². The number of aromatic nitrogens is 4. The van der Waals surface area contributed by atoms with Crippen LogP contribution in [0.5, 0.6) is 17.2 Å². The number of fused-ring (bicyclic) bond motifs is 2. The van der Waals surface area contributed by atoms with Gasteiger partial charge in [-0.05, 0) is 49.4 Å². The summed E-state index contributed by atoms with van der Waals surface area (Å²) in [7, 11) is 1.56. The van der Waals surface area contributed by atoms with E-state index in [1.54, 1.807) is 30.0 Å². The van der Waals surface area contributed by atoms with Gasteiger partial charge in [-0.3, -0.25) is 0 Å². The van der Waals surface area contributed by atoms with Crippen LogP contribution in [0.25, 0.3) is 38.6 Å². The minimum Gasteiger partial charge on any atom is -0.496 e. The molecule has 6 rings (SSSR count). The van der Waals surface area contributed by atoms with Gasteiger partial charge in [-0.15, -0.1) is 24.5 Å². The molecule has 8 nitrogen and oxygen atoms in total. The fraction of sp³-hybridized carbons (Fsp3) is 0.148. The summed E-state index contributed by atoms with van der Waals surface area (Å²) in [5.74, 6) is 1.37. The number of imidazole rings is 1. The molecule has 2 aromatic carbocycles. The van der Waals surface area contributed by atoms with Crippen LogP contribution in [-0.2, 0) is 6.61 Å². The molecule has 4 aromatic heterocycles. The Hall–Kier alpha value is -4.58. The molecule has 6 aromatic rings. The van der Waals surface area contributed by atoms with Crippen molar-refractivity contribution in [2.75, 3.05) is 7.11 Å². The van der Waals surface area contributed by atoms with E-state index in [0.717, 1.165) is 11.1 Å². The van der Waals surface area contributed by atoms with E-state index >= 15 is 0 Å². The highest BCUT2D eigenvalue weighted by Gasteiger charge is 2.31. The second-order valence-corrected chi connectivity index (χ2v) is 9.41. The highest BCUT2D eigenvalue weighted by molar-refractivity contribution is 7.13. The number of nitrogens with zero attached hydrogens (tertiary/aromatic N) is 4. The average molecular weight is 553 g/mol. The predicted octanol–water partition coefficient (Wildman–Crippen LogP) is 7.06. The van der Waals surface area contributed by atoms with Crippen molar-refractivity contribution in [2.45, 2.75) is 19.9 Å². The molecule has 0 bridgehead atoms. The van der Waals surface area contributed by atoms with Crippen molar-refractivity contribution in [1.82, 2.24) is 19.6 Å². The lowest BCUT2D eigenvalue weighted by Gasteiger charge is -2.08. The van der Waals surface area contributed by atoms with Crippen molar-refractivity contribution in [3.8, 4) is 39.3 Å². The van der Waals surface area contributed by atoms with Crippen LogP contribution in [0.3, 0.4) is 0 Å². The molecule has 0 atom stereocenters. The number of methoxy groups -OCH3 is 1. The second kappa shape index (κ2) is 9.62. The summed E-state index contributed by atoms with van der Waals surface area (Å²) in [6, 6.07) is 14.7. The minimum atomic E-state index is -4.74. The Bertz CT molecular complexity index is 1790. The molecule has 0 spiro atoms. The maximum Gasteiger partial charge on any atom is 0.573 e. The first-order valence-corrected chi connectivity index (χ1v) is 12.5. The molecule has 0 unspecified atom stereocenters. The van der Waals surface area contributed by atoms with Crippen LogP contribution in [0.15, 0.2) is 70.6 Å². The Morgan fingerprint density at radius 3 is 2.59 bits per heavy atom. The molecule has 0 aliphatic rings. The first-order chi connectivity index (χ1) is 18.7. The Morgan fingerprint density at radius 2 is 1.82 bits per heavy atom. The number of furan rings is 1. The minimum absolute atomic E-state index is 0.159. The molecular formula is C27H19F3N4O4S. The summed E-state index contributed by atoms with van der Waals surface area (Å²) in [5, 5.41) is 7.65. The quantitative estimate of drug-likeness (QED) is 0.210. The number of hydrogen-bond donors (Lipinski definition) is 0. The number of rotatable bonds is 7. The molecule has 0 saturated heterocycles. The molecule has 0 aliphatic carbocycles. The van der Waals surface area contributed by atoms with Gasteiger partial charge in [-0.25, -0.2) is 14.5 Å². The number of aryl methyl sites for hydroxylation is 1. The monoisotopic (exact) mass is 552 g/mol. The van der Waals surface area contributed by atoms with Gasteiger partial charge in [0.2, 0.25) is 0 Å². The van der Waals surface area contributed by atoms with Crippen LogP contribution >= 0.6 is 11.3 Å². The zero-order valence-electron chi connectivity index (χ0n) is 20.5. The third-order valence-corrected chi connectivity index (χ3v) is 6.72. The number of ether oxygens (including phenoxy) is 3. The van der Waals surface area contributed by atoms with Gasteiger partial charge in [0.05, 0.1) is 30.1 Å². The van der Waals surface area contributed by atoms with Gasteiger partial charge in [0.15, 0.2) is 11.4 Å². The van der Waals surface area contributed by atoms with Crippen LogP contribution in [0.4, 0.5) is 13.2 Å². The van der Waals surface area contributed by atoms with E-state index in [1.807, 2.05) is 30.5 Å².